The Morgan fingerprint density at radius 1 is 1.50 bits per heavy atom. The van der Waals surface area contributed by atoms with Gasteiger partial charge in [-0.1, -0.05) is 18.1 Å². The van der Waals surface area contributed by atoms with E-state index >= 15 is 0 Å². The summed E-state index contributed by atoms with van der Waals surface area (Å²) < 4.78 is 5.74. The molecule has 14 heavy (non-hydrogen) atoms. The number of benzene rings is 1. The molecule has 0 aliphatic heterocycles. The van der Waals surface area contributed by atoms with Crippen LogP contribution in [0.25, 0.3) is 0 Å². The van der Waals surface area contributed by atoms with Crippen LogP contribution in [0.1, 0.15) is 24.0 Å². The Kier molecular flexibility index (Phi) is 2.45. The van der Waals surface area contributed by atoms with E-state index in [1.807, 2.05) is 25.1 Å². The molecule has 0 unspecified atom stereocenters. The second kappa shape index (κ2) is 3.75. The lowest BCUT2D eigenvalue weighted by Gasteiger charge is -2.10. The highest BCUT2D eigenvalue weighted by molar-refractivity contribution is 5.49. The molecular weight excluding hydrogens is 172 g/mol. The first-order valence-electron chi connectivity index (χ1n) is 5.00. The average molecular weight is 186 g/mol. The minimum atomic E-state index is 0.764. The highest BCUT2D eigenvalue weighted by Gasteiger charge is 2.22. The molecule has 1 fully saturated rings. The van der Waals surface area contributed by atoms with Gasteiger partial charge in [0.2, 0.25) is 0 Å². The number of para-hydroxylation sites is 1. The molecule has 0 amide bonds. The molecule has 0 heterocycles. The summed E-state index contributed by atoms with van der Waals surface area (Å²) in [7, 11) is 0. The normalized spacial score (nSPS) is 14.9. The van der Waals surface area contributed by atoms with Gasteiger partial charge in [0.25, 0.3) is 0 Å². The molecule has 1 heteroatoms. The summed E-state index contributed by atoms with van der Waals surface area (Å²) in [6.45, 7) is 2.85. The minimum absolute atomic E-state index is 0.764. The maximum absolute atomic E-state index is 5.74. The number of rotatable bonds is 3. The van der Waals surface area contributed by atoms with E-state index in [-0.39, 0.29) is 0 Å². The molecule has 1 aliphatic rings. The van der Waals surface area contributed by atoms with Crippen molar-refractivity contribution in [2.75, 3.05) is 6.61 Å². The molecule has 1 aromatic rings. The second-order valence-electron chi connectivity index (χ2n) is 3.85. The van der Waals surface area contributed by atoms with Crippen LogP contribution in [0.3, 0.4) is 0 Å². The fourth-order valence-corrected chi connectivity index (χ4v) is 1.44. The lowest BCUT2D eigenvalue weighted by Crippen LogP contribution is -2.02. The van der Waals surface area contributed by atoms with Gasteiger partial charge in [-0.2, -0.15) is 0 Å². The monoisotopic (exact) mass is 186 g/mol. The average Bonchev–Trinajstić information content (AvgIpc) is 2.99. The zero-order chi connectivity index (χ0) is 9.97. The SMILES string of the molecule is C#Cc1cccc(C)c1OCC1CC1. The van der Waals surface area contributed by atoms with Crippen molar-refractivity contribution >= 4 is 0 Å². The van der Waals surface area contributed by atoms with Crippen LogP contribution >= 0.6 is 0 Å². The van der Waals surface area contributed by atoms with Crippen molar-refractivity contribution < 1.29 is 4.74 Å². The number of hydrogen-bond donors (Lipinski definition) is 0. The molecule has 72 valence electrons. The van der Waals surface area contributed by atoms with E-state index in [9.17, 15) is 0 Å². The van der Waals surface area contributed by atoms with Crippen molar-refractivity contribution in [3.63, 3.8) is 0 Å². The van der Waals surface area contributed by atoms with Gasteiger partial charge in [-0.05, 0) is 37.3 Å². The van der Waals surface area contributed by atoms with Crippen LogP contribution in [0.2, 0.25) is 0 Å². The fraction of sp³-hybridized carbons (Fsp3) is 0.385. The van der Waals surface area contributed by atoms with Crippen molar-refractivity contribution in [3.05, 3.63) is 29.3 Å². The molecule has 0 aromatic heterocycles. The molecule has 1 saturated carbocycles. The highest BCUT2D eigenvalue weighted by Crippen LogP contribution is 2.31. The van der Waals surface area contributed by atoms with Gasteiger partial charge in [-0.3, -0.25) is 0 Å². The zero-order valence-electron chi connectivity index (χ0n) is 8.42. The Balaban J connectivity index is 2.16. The predicted molar refractivity (Wildman–Crippen MR) is 57.3 cm³/mol. The van der Waals surface area contributed by atoms with Gasteiger partial charge in [0.15, 0.2) is 0 Å². The lowest BCUT2D eigenvalue weighted by molar-refractivity contribution is 0.297. The van der Waals surface area contributed by atoms with Crippen LogP contribution in [0.15, 0.2) is 18.2 Å². The van der Waals surface area contributed by atoms with Crippen molar-refractivity contribution in [1.29, 1.82) is 0 Å². The van der Waals surface area contributed by atoms with Crippen LogP contribution in [0.4, 0.5) is 0 Å². The molecule has 1 aliphatic carbocycles. The van der Waals surface area contributed by atoms with E-state index in [4.69, 9.17) is 11.2 Å². The van der Waals surface area contributed by atoms with Gasteiger partial charge in [-0.15, -0.1) is 6.42 Å². The van der Waals surface area contributed by atoms with E-state index in [1.165, 1.54) is 12.8 Å². The lowest BCUT2D eigenvalue weighted by atomic mass is 10.1. The van der Waals surface area contributed by atoms with Crippen LogP contribution in [0, 0.1) is 25.2 Å². The third-order valence-corrected chi connectivity index (χ3v) is 2.53. The Labute approximate surface area is 85.1 Å². The summed E-state index contributed by atoms with van der Waals surface area (Å²) >= 11 is 0. The van der Waals surface area contributed by atoms with Crippen LogP contribution < -0.4 is 4.74 Å². The number of ether oxygens (including phenoxy) is 1. The van der Waals surface area contributed by atoms with E-state index in [0.717, 1.165) is 29.4 Å². The molecule has 0 spiro atoms. The Morgan fingerprint density at radius 2 is 2.29 bits per heavy atom. The quantitative estimate of drug-likeness (QED) is 0.659. The number of hydrogen-bond acceptors (Lipinski definition) is 1. The van der Waals surface area contributed by atoms with Crippen molar-refractivity contribution in [3.8, 4) is 18.1 Å². The molecular formula is C13H14O. The van der Waals surface area contributed by atoms with Gasteiger partial charge in [-0.25, -0.2) is 0 Å². The van der Waals surface area contributed by atoms with E-state index in [1.54, 1.807) is 0 Å². The molecule has 0 N–H and O–H groups in total. The zero-order valence-corrected chi connectivity index (χ0v) is 8.42. The molecule has 1 aromatic carbocycles. The van der Waals surface area contributed by atoms with E-state index in [0.29, 0.717) is 0 Å². The number of aryl methyl sites for hydroxylation is 1. The van der Waals surface area contributed by atoms with Crippen molar-refractivity contribution in [2.45, 2.75) is 19.8 Å². The van der Waals surface area contributed by atoms with E-state index in [2.05, 4.69) is 5.92 Å². The molecule has 0 radical (unpaired) electrons. The van der Waals surface area contributed by atoms with Gasteiger partial charge in [0.05, 0.1) is 12.2 Å². The summed E-state index contributed by atoms with van der Waals surface area (Å²) in [5.41, 5.74) is 1.99. The third kappa shape index (κ3) is 1.90. The first-order chi connectivity index (χ1) is 6.81. The van der Waals surface area contributed by atoms with Crippen molar-refractivity contribution in [1.82, 2.24) is 0 Å². The molecule has 0 bridgehead atoms. The number of terminal acetylenes is 1. The highest BCUT2D eigenvalue weighted by atomic mass is 16.5. The summed E-state index contributed by atoms with van der Waals surface area (Å²) in [5.74, 6) is 4.31. The van der Waals surface area contributed by atoms with Crippen LogP contribution in [-0.2, 0) is 0 Å². The smallest absolute Gasteiger partial charge is 0.137 e. The summed E-state index contributed by atoms with van der Waals surface area (Å²) in [4.78, 5) is 0. The van der Waals surface area contributed by atoms with Gasteiger partial charge in [0, 0.05) is 0 Å². The maximum atomic E-state index is 5.74. The van der Waals surface area contributed by atoms with Gasteiger partial charge >= 0.3 is 0 Å². The second-order valence-corrected chi connectivity index (χ2v) is 3.85. The Hall–Kier alpha value is -1.42. The Bertz CT molecular complexity index is 369. The third-order valence-electron chi connectivity index (χ3n) is 2.53. The first kappa shape index (κ1) is 9.15. The molecule has 1 nitrogen and oxygen atoms in total. The van der Waals surface area contributed by atoms with E-state index < -0.39 is 0 Å². The summed E-state index contributed by atoms with van der Waals surface area (Å²) in [6, 6.07) is 5.92. The fourth-order valence-electron chi connectivity index (χ4n) is 1.44. The molecule has 0 atom stereocenters. The van der Waals surface area contributed by atoms with Gasteiger partial charge < -0.3 is 4.74 Å². The maximum Gasteiger partial charge on any atom is 0.137 e. The standard InChI is InChI=1S/C13H14O/c1-3-12-6-4-5-10(2)13(12)14-9-11-7-8-11/h1,4-6,11H,7-9H2,2H3. The Morgan fingerprint density at radius 3 is 2.93 bits per heavy atom. The van der Waals surface area contributed by atoms with Crippen molar-refractivity contribution in [2.24, 2.45) is 5.92 Å². The predicted octanol–water partition coefficient (Wildman–Crippen LogP) is 2.77. The summed E-state index contributed by atoms with van der Waals surface area (Å²) in [6.07, 6.45) is 8.02. The first-order valence-corrected chi connectivity index (χ1v) is 5.00. The topological polar surface area (TPSA) is 9.23 Å². The minimum Gasteiger partial charge on any atom is -0.492 e. The largest absolute Gasteiger partial charge is 0.492 e. The van der Waals surface area contributed by atoms with Gasteiger partial charge in [0.1, 0.15) is 5.75 Å². The van der Waals surface area contributed by atoms with Crippen LogP contribution in [0.5, 0.6) is 5.75 Å². The van der Waals surface area contributed by atoms with Crippen LogP contribution in [-0.4, -0.2) is 6.61 Å². The molecule has 0 saturated heterocycles. The summed E-state index contributed by atoms with van der Waals surface area (Å²) in [5, 5.41) is 0. The molecule has 2 rings (SSSR count).